The number of pyridine rings is 1. The molecule has 142 valence electrons. The Kier molecular flexibility index (Phi) is 8.17. The summed E-state index contributed by atoms with van der Waals surface area (Å²) in [5, 5.41) is 3.69. The number of carbonyl (C=O) groups is 1. The molecule has 1 aliphatic rings. The van der Waals surface area contributed by atoms with Gasteiger partial charge in [0.25, 0.3) is 5.91 Å². The lowest BCUT2D eigenvalue weighted by Crippen LogP contribution is -2.38. The zero-order chi connectivity index (χ0) is 18.9. The maximum absolute atomic E-state index is 12.4. The van der Waals surface area contributed by atoms with E-state index < -0.39 is 0 Å². The minimum Gasteiger partial charge on any atom is -0.486 e. The SMILES string of the molecule is CC=C(Cl)C(=CC)OCc1ccc(C(=O)NC(C)C2CCCCC2)cn1. The highest BCUT2D eigenvalue weighted by Crippen LogP contribution is 2.26. The van der Waals surface area contributed by atoms with E-state index in [1.165, 1.54) is 32.1 Å². The van der Waals surface area contributed by atoms with Crippen molar-refractivity contribution in [1.29, 1.82) is 0 Å². The van der Waals surface area contributed by atoms with E-state index >= 15 is 0 Å². The fraction of sp³-hybridized carbons (Fsp3) is 0.524. The predicted octanol–water partition coefficient (Wildman–Crippen LogP) is 5.34. The Bertz CT molecular complexity index is 646. The fourth-order valence-electron chi connectivity index (χ4n) is 3.27. The number of allylic oxidation sites excluding steroid dienone is 3. The van der Waals surface area contributed by atoms with Crippen molar-refractivity contribution in [3.05, 3.63) is 52.5 Å². The normalized spacial score (nSPS) is 17.7. The molecule has 0 saturated heterocycles. The van der Waals surface area contributed by atoms with Crippen LogP contribution in [0.4, 0.5) is 0 Å². The van der Waals surface area contributed by atoms with E-state index in [0.717, 1.165) is 5.69 Å². The van der Waals surface area contributed by atoms with Gasteiger partial charge in [-0.3, -0.25) is 9.78 Å². The molecule has 1 fully saturated rings. The summed E-state index contributed by atoms with van der Waals surface area (Å²) in [7, 11) is 0. The van der Waals surface area contributed by atoms with Crippen LogP contribution in [-0.4, -0.2) is 16.9 Å². The van der Waals surface area contributed by atoms with Crippen LogP contribution in [0.5, 0.6) is 0 Å². The molecule has 1 aliphatic carbocycles. The molecular weight excluding hydrogens is 348 g/mol. The zero-order valence-electron chi connectivity index (χ0n) is 15.9. The molecular formula is C21H29ClN2O2. The van der Waals surface area contributed by atoms with Crippen molar-refractivity contribution in [2.75, 3.05) is 0 Å². The van der Waals surface area contributed by atoms with Gasteiger partial charge in [-0.1, -0.05) is 36.9 Å². The Morgan fingerprint density at radius 2 is 2.04 bits per heavy atom. The lowest BCUT2D eigenvalue weighted by Gasteiger charge is -2.28. The topological polar surface area (TPSA) is 51.2 Å². The second-order valence-corrected chi connectivity index (χ2v) is 7.18. The summed E-state index contributed by atoms with van der Waals surface area (Å²) in [6.45, 7) is 6.14. The molecule has 1 N–H and O–H groups in total. The lowest BCUT2D eigenvalue weighted by molar-refractivity contribution is 0.0918. The molecule has 0 aliphatic heterocycles. The van der Waals surface area contributed by atoms with Gasteiger partial charge in [-0.05, 0) is 57.7 Å². The molecule has 1 saturated carbocycles. The second kappa shape index (κ2) is 10.4. The van der Waals surface area contributed by atoms with Gasteiger partial charge >= 0.3 is 0 Å². The standard InChI is InChI=1S/C21H29ClN2O2/c1-4-19(22)20(5-2)26-14-18-12-11-17(13-23-18)21(25)24-15(3)16-9-7-6-8-10-16/h4-5,11-13,15-16H,6-10,14H2,1-3H3,(H,24,25). The Balaban J connectivity index is 1.88. The van der Waals surface area contributed by atoms with Gasteiger partial charge in [-0.25, -0.2) is 0 Å². The predicted molar refractivity (Wildman–Crippen MR) is 106 cm³/mol. The average Bonchev–Trinajstić information content (AvgIpc) is 2.69. The third-order valence-electron chi connectivity index (χ3n) is 4.93. The van der Waals surface area contributed by atoms with Crippen molar-refractivity contribution in [3.8, 4) is 0 Å². The molecule has 0 bridgehead atoms. The van der Waals surface area contributed by atoms with Crippen LogP contribution >= 0.6 is 11.6 Å². The Morgan fingerprint density at radius 1 is 1.31 bits per heavy atom. The van der Waals surface area contributed by atoms with Gasteiger partial charge in [0.15, 0.2) is 0 Å². The van der Waals surface area contributed by atoms with Crippen molar-refractivity contribution in [2.24, 2.45) is 5.92 Å². The van der Waals surface area contributed by atoms with E-state index in [-0.39, 0.29) is 11.9 Å². The first-order valence-corrected chi connectivity index (χ1v) is 9.80. The van der Waals surface area contributed by atoms with Crippen LogP contribution in [0.1, 0.15) is 68.9 Å². The first-order chi connectivity index (χ1) is 12.5. The van der Waals surface area contributed by atoms with Crippen molar-refractivity contribution in [3.63, 3.8) is 0 Å². The molecule has 1 aromatic heterocycles. The summed E-state index contributed by atoms with van der Waals surface area (Å²) in [6.07, 6.45) is 11.5. The van der Waals surface area contributed by atoms with E-state index in [2.05, 4.69) is 17.2 Å². The van der Waals surface area contributed by atoms with E-state index in [9.17, 15) is 4.79 Å². The van der Waals surface area contributed by atoms with Crippen molar-refractivity contribution in [1.82, 2.24) is 10.3 Å². The van der Waals surface area contributed by atoms with Gasteiger partial charge in [0, 0.05) is 12.2 Å². The summed E-state index contributed by atoms with van der Waals surface area (Å²) >= 11 is 6.07. The van der Waals surface area contributed by atoms with Gasteiger partial charge < -0.3 is 10.1 Å². The first-order valence-electron chi connectivity index (χ1n) is 9.42. The highest BCUT2D eigenvalue weighted by Gasteiger charge is 2.21. The highest BCUT2D eigenvalue weighted by atomic mass is 35.5. The van der Waals surface area contributed by atoms with Crippen molar-refractivity contribution < 1.29 is 9.53 Å². The molecule has 1 aromatic rings. The third kappa shape index (κ3) is 5.87. The van der Waals surface area contributed by atoms with Crippen LogP contribution in [0.15, 0.2) is 41.3 Å². The Morgan fingerprint density at radius 3 is 2.62 bits per heavy atom. The highest BCUT2D eigenvalue weighted by molar-refractivity contribution is 6.31. The number of amides is 1. The molecule has 1 amide bonds. The van der Waals surface area contributed by atoms with Gasteiger partial charge in [0.1, 0.15) is 12.4 Å². The monoisotopic (exact) mass is 376 g/mol. The summed E-state index contributed by atoms with van der Waals surface area (Å²) in [4.78, 5) is 16.8. The first kappa shape index (κ1) is 20.5. The van der Waals surface area contributed by atoms with E-state index in [4.69, 9.17) is 16.3 Å². The molecule has 0 radical (unpaired) electrons. The largest absolute Gasteiger partial charge is 0.486 e. The number of hydrogen-bond acceptors (Lipinski definition) is 3. The molecule has 4 nitrogen and oxygen atoms in total. The number of ether oxygens (including phenoxy) is 1. The molecule has 26 heavy (non-hydrogen) atoms. The lowest BCUT2D eigenvalue weighted by atomic mass is 9.84. The molecule has 1 heterocycles. The van der Waals surface area contributed by atoms with Crippen molar-refractivity contribution >= 4 is 17.5 Å². The molecule has 1 atom stereocenters. The van der Waals surface area contributed by atoms with Crippen LogP contribution in [0, 0.1) is 5.92 Å². The molecule has 2 rings (SSSR count). The maximum atomic E-state index is 12.4. The number of aromatic nitrogens is 1. The Labute approximate surface area is 161 Å². The van der Waals surface area contributed by atoms with Gasteiger partial charge in [0.2, 0.25) is 0 Å². The number of halogens is 1. The summed E-state index contributed by atoms with van der Waals surface area (Å²) < 4.78 is 5.67. The maximum Gasteiger partial charge on any atom is 0.253 e. The summed E-state index contributed by atoms with van der Waals surface area (Å²) in [5.41, 5.74) is 1.33. The number of rotatable bonds is 7. The minimum absolute atomic E-state index is 0.0610. The third-order valence-corrected chi connectivity index (χ3v) is 5.33. The molecule has 5 heteroatoms. The number of hydrogen-bond donors (Lipinski definition) is 1. The number of carbonyl (C=O) groups excluding carboxylic acids is 1. The number of nitrogens with zero attached hydrogens (tertiary/aromatic N) is 1. The molecule has 0 spiro atoms. The number of nitrogens with one attached hydrogen (secondary N) is 1. The van der Waals surface area contributed by atoms with Crippen LogP contribution in [0.3, 0.4) is 0 Å². The van der Waals surface area contributed by atoms with Crippen LogP contribution in [0.2, 0.25) is 0 Å². The second-order valence-electron chi connectivity index (χ2n) is 6.78. The van der Waals surface area contributed by atoms with E-state index in [1.807, 2.05) is 26.0 Å². The molecule has 0 aromatic carbocycles. The molecule has 1 unspecified atom stereocenters. The smallest absolute Gasteiger partial charge is 0.253 e. The quantitative estimate of drug-likeness (QED) is 0.516. The Hall–Kier alpha value is -1.81. The average molecular weight is 377 g/mol. The van der Waals surface area contributed by atoms with Crippen LogP contribution < -0.4 is 5.32 Å². The van der Waals surface area contributed by atoms with E-state index in [0.29, 0.717) is 28.9 Å². The minimum atomic E-state index is -0.0610. The zero-order valence-corrected chi connectivity index (χ0v) is 16.7. The van der Waals surface area contributed by atoms with Crippen molar-refractivity contribution in [2.45, 2.75) is 65.5 Å². The fourth-order valence-corrected chi connectivity index (χ4v) is 3.43. The summed E-state index contributed by atoms with van der Waals surface area (Å²) in [5.74, 6) is 1.15. The van der Waals surface area contributed by atoms with Crippen LogP contribution in [0.25, 0.3) is 0 Å². The summed E-state index contributed by atoms with van der Waals surface area (Å²) in [6, 6.07) is 3.81. The van der Waals surface area contributed by atoms with Gasteiger partial charge in [0.05, 0.1) is 16.3 Å². The van der Waals surface area contributed by atoms with Gasteiger partial charge in [-0.2, -0.15) is 0 Å². The van der Waals surface area contributed by atoms with Gasteiger partial charge in [-0.15, -0.1) is 0 Å². The van der Waals surface area contributed by atoms with E-state index in [1.54, 1.807) is 18.3 Å². The van der Waals surface area contributed by atoms with Crippen LogP contribution in [-0.2, 0) is 11.3 Å².